The minimum Gasteiger partial charge on any atom is -0.368 e. The van der Waals surface area contributed by atoms with Crippen LogP contribution in [0.5, 0.6) is 0 Å². The summed E-state index contributed by atoms with van der Waals surface area (Å²) >= 11 is 0. The van der Waals surface area contributed by atoms with Gasteiger partial charge in [0.25, 0.3) is 0 Å². The van der Waals surface area contributed by atoms with E-state index in [0.29, 0.717) is 23.3 Å². The quantitative estimate of drug-likeness (QED) is 0.612. The maximum Gasteiger partial charge on any atom is 0.191 e. The van der Waals surface area contributed by atoms with E-state index in [2.05, 4.69) is 0 Å². The number of carbonyl (C=O) groups is 1. The van der Waals surface area contributed by atoms with Gasteiger partial charge >= 0.3 is 0 Å². The average Bonchev–Trinajstić information content (AvgIpc) is 2.48. The number of ketones is 1. The normalized spacial score (nSPS) is 17.8. The van der Waals surface area contributed by atoms with Crippen LogP contribution in [0.4, 0.5) is 0 Å². The van der Waals surface area contributed by atoms with Crippen LogP contribution in [-0.4, -0.2) is 24.4 Å². The Bertz CT molecular complexity index is 575. The van der Waals surface area contributed by atoms with E-state index >= 15 is 0 Å². The number of benzene rings is 1. The minimum atomic E-state index is -0.625. The predicted molar refractivity (Wildman–Crippen MR) is 72.6 cm³/mol. The molecule has 3 heteroatoms. The summed E-state index contributed by atoms with van der Waals surface area (Å²) in [6.07, 6.45) is 4.36. The molecule has 0 spiro atoms. The molecule has 1 aliphatic carbocycles. The third-order valence-corrected chi connectivity index (χ3v) is 2.87. The van der Waals surface area contributed by atoms with E-state index < -0.39 is 6.10 Å². The van der Waals surface area contributed by atoms with Gasteiger partial charge in [-0.3, -0.25) is 4.79 Å². The van der Waals surface area contributed by atoms with Crippen molar-refractivity contribution in [2.24, 2.45) is 0 Å². The molecule has 0 N–H and O–H groups in total. The first-order chi connectivity index (χ1) is 9.27. The minimum absolute atomic E-state index is 0.129. The molecule has 0 fully saturated rings. The smallest absolute Gasteiger partial charge is 0.191 e. The van der Waals surface area contributed by atoms with Gasteiger partial charge in [-0.1, -0.05) is 42.5 Å². The molecule has 1 atom stereocenters. The second-order valence-corrected chi connectivity index (χ2v) is 4.07. The van der Waals surface area contributed by atoms with Gasteiger partial charge in [0.15, 0.2) is 5.78 Å². The van der Waals surface area contributed by atoms with Gasteiger partial charge in [0.1, 0.15) is 12.0 Å². The number of ether oxygens (including phenoxy) is 1. The van der Waals surface area contributed by atoms with Crippen molar-refractivity contribution in [3.8, 4) is 0 Å². The lowest BCUT2D eigenvalue weighted by molar-refractivity contribution is 0.0895. The van der Waals surface area contributed by atoms with Gasteiger partial charge < -0.3 is 4.74 Å². The average molecular weight is 254 g/mol. The summed E-state index contributed by atoms with van der Waals surface area (Å²) in [5.41, 5.74) is 1.40. The topological polar surface area (TPSA) is 43.4 Å². The van der Waals surface area contributed by atoms with Crippen molar-refractivity contribution in [1.82, 2.24) is 0 Å². The molecule has 3 nitrogen and oxygen atoms in total. The van der Waals surface area contributed by atoms with Gasteiger partial charge in [-0.2, -0.15) is 0 Å². The largest absolute Gasteiger partial charge is 0.368 e. The number of Topliss-reactive ketones (excluding diaryl/α,β-unsaturated/α-hetero) is 1. The van der Waals surface area contributed by atoms with Gasteiger partial charge in [-0.25, -0.2) is 4.79 Å². The lowest BCUT2D eigenvalue weighted by Crippen LogP contribution is -2.25. The summed E-state index contributed by atoms with van der Waals surface area (Å²) in [7, 11) is 0. The SMILES string of the molecule is CCOC1C(=C=O)C=CC=C1C(=O)c1ccccc1. The predicted octanol–water partition coefficient (Wildman–Crippen LogP) is 2.53. The highest BCUT2D eigenvalue weighted by molar-refractivity contribution is 6.10. The Morgan fingerprint density at radius 3 is 2.68 bits per heavy atom. The van der Waals surface area contributed by atoms with Crippen LogP contribution < -0.4 is 0 Å². The molecule has 0 saturated carbocycles. The number of rotatable bonds is 4. The number of hydrogen-bond donors (Lipinski definition) is 0. The molecule has 19 heavy (non-hydrogen) atoms. The van der Waals surface area contributed by atoms with Gasteiger partial charge in [-0.15, -0.1) is 0 Å². The molecule has 0 saturated heterocycles. The Morgan fingerprint density at radius 1 is 1.32 bits per heavy atom. The third-order valence-electron chi connectivity index (χ3n) is 2.87. The van der Waals surface area contributed by atoms with Crippen LogP contribution in [0.3, 0.4) is 0 Å². The fraction of sp³-hybridized carbons (Fsp3) is 0.188. The zero-order valence-electron chi connectivity index (χ0n) is 10.6. The molecule has 0 aromatic heterocycles. The van der Waals surface area contributed by atoms with E-state index in [9.17, 15) is 9.59 Å². The molecular weight excluding hydrogens is 240 g/mol. The summed E-state index contributed by atoms with van der Waals surface area (Å²) in [6, 6.07) is 8.95. The molecule has 1 aromatic rings. The Kier molecular flexibility index (Phi) is 4.24. The monoisotopic (exact) mass is 254 g/mol. The molecule has 0 radical (unpaired) electrons. The zero-order chi connectivity index (χ0) is 13.7. The van der Waals surface area contributed by atoms with E-state index in [1.807, 2.05) is 18.9 Å². The van der Waals surface area contributed by atoms with E-state index in [-0.39, 0.29) is 5.78 Å². The van der Waals surface area contributed by atoms with Gasteiger partial charge in [0.2, 0.25) is 0 Å². The van der Waals surface area contributed by atoms with E-state index in [4.69, 9.17) is 4.74 Å². The van der Waals surface area contributed by atoms with Crippen molar-refractivity contribution in [3.63, 3.8) is 0 Å². The van der Waals surface area contributed by atoms with Crippen LogP contribution in [0, 0.1) is 0 Å². The number of carbonyl (C=O) groups excluding carboxylic acids is 2. The number of allylic oxidation sites excluding steroid dienone is 2. The standard InChI is InChI=1S/C16H14O3/c1-2-19-16-13(11-17)9-6-10-14(16)15(18)12-7-4-3-5-8-12/h3-10,16H,2H2,1H3. The van der Waals surface area contributed by atoms with Gasteiger partial charge in [0.05, 0.1) is 5.57 Å². The van der Waals surface area contributed by atoms with Crippen molar-refractivity contribution >= 4 is 11.7 Å². The number of hydrogen-bond acceptors (Lipinski definition) is 3. The van der Waals surface area contributed by atoms with Gasteiger partial charge in [-0.05, 0) is 13.0 Å². The highest BCUT2D eigenvalue weighted by Gasteiger charge is 2.27. The second kappa shape index (κ2) is 6.10. The third kappa shape index (κ3) is 2.79. The van der Waals surface area contributed by atoms with E-state index in [0.717, 1.165) is 0 Å². The highest BCUT2D eigenvalue weighted by atomic mass is 16.5. The maximum absolute atomic E-state index is 12.4. The van der Waals surface area contributed by atoms with Crippen LogP contribution >= 0.6 is 0 Å². The Labute approximate surface area is 111 Å². The molecule has 0 amide bonds. The molecule has 96 valence electrons. The first-order valence-corrected chi connectivity index (χ1v) is 6.12. The lowest BCUT2D eigenvalue weighted by atomic mass is 9.91. The molecule has 0 aliphatic heterocycles. The Morgan fingerprint density at radius 2 is 2.05 bits per heavy atom. The molecule has 1 aromatic carbocycles. The fourth-order valence-corrected chi connectivity index (χ4v) is 1.98. The van der Waals surface area contributed by atoms with Crippen molar-refractivity contribution < 1.29 is 14.3 Å². The molecular formula is C16H14O3. The summed E-state index contributed by atoms with van der Waals surface area (Å²) in [5.74, 6) is 1.71. The molecule has 0 bridgehead atoms. The summed E-state index contributed by atoms with van der Waals surface area (Å²) in [6.45, 7) is 2.24. The van der Waals surface area contributed by atoms with Crippen LogP contribution in [0.2, 0.25) is 0 Å². The first kappa shape index (κ1) is 13.2. The van der Waals surface area contributed by atoms with E-state index in [1.54, 1.807) is 42.5 Å². The van der Waals surface area contributed by atoms with Crippen LogP contribution in [0.15, 0.2) is 59.7 Å². The van der Waals surface area contributed by atoms with Crippen molar-refractivity contribution in [1.29, 1.82) is 0 Å². The van der Waals surface area contributed by atoms with E-state index in [1.165, 1.54) is 0 Å². The van der Waals surface area contributed by atoms with Crippen molar-refractivity contribution in [2.45, 2.75) is 13.0 Å². The molecule has 1 unspecified atom stereocenters. The maximum atomic E-state index is 12.4. The van der Waals surface area contributed by atoms with Crippen LogP contribution in [0.25, 0.3) is 0 Å². The second-order valence-electron chi connectivity index (χ2n) is 4.07. The molecule has 1 aliphatic rings. The van der Waals surface area contributed by atoms with Crippen LogP contribution in [-0.2, 0) is 9.53 Å². The Balaban J connectivity index is 2.36. The van der Waals surface area contributed by atoms with Crippen molar-refractivity contribution in [2.75, 3.05) is 6.61 Å². The highest BCUT2D eigenvalue weighted by Crippen LogP contribution is 2.23. The van der Waals surface area contributed by atoms with Gasteiger partial charge in [0, 0.05) is 17.7 Å². The first-order valence-electron chi connectivity index (χ1n) is 6.12. The van der Waals surface area contributed by atoms with Crippen LogP contribution in [0.1, 0.15) is 17.3 Å². The summed E-state index contributed by atoms with van der Waals surface area (Å²) in [4.78, 5) is 23.3. The van der Waals surface area contributed by atoms with Crippen molar-refractivity contribution in [3.05, 3.63) is 65.3 Å². The molecule has 0 heterocycles. The lowest BCUT2D eigenvalue weighted by Gasteiger charge is -2.21. The fourth-order valence-electron chi connectivity index (χ4n) is 1.98. The summed E-state index contributed by atoms with van der Waals surface area (Å²) < 4.78 is 5.50. The summed E-state index contributed by atoms with van der Waals surface area (Å²) in [5, 5.41) is 0. The Hall–Kier alpha value is -2.22. The molecule has 2 rings (SSSR count). The zero-order valence-corrected chi connectivity index (χ0v) is 10.6.